The van der Waals surface area contributed by atoms with Gasteiger partial charge in [0.1, 0.15) is 0 Å². The van der Waals surface area contributed by atoms with Gasteiger partial charge in [0.25, 0.3) is 0 Å². The van der Waals surface area contributed by atoms with Crippen LogP contribution in [0, 0.1) is 20.8 Å². The molecule has 0 unspecified atom stereocenters. The maximum atomic E-state index is 13.0. The first-order chi connectivity index (χ1) is 12.7. The molecule has 150 valence electrons. The molecule has 2 heterocycles. The Morgan fingerprint density at radius 3 is 2.48 bits per heavy atom. The lowest BCUT2D eigenvalue weighted by molar-refractivity contribution is -0.131. The Morgan fingerprint density at radius 1 is 1.22 bits per heavy atom. The summed E-state index contributed by atoms with van der Waals surface area (Å²) in [4.78, 5) is 16.0. The number of aryl methyl sites for hydroxylation is 3. The van der Waals surface area contributed by atoms with Crippen molar-refractivity contribution in [2.75, 3.05) is 30.4 Å². The number of nitrogens with zero attached hydrogens (tertiary/aromatic N) is 1. The molecule has 0 radical (unpaired) electrons. The summed E-state index contributed by atoms with van der Waals surface area (Å²) >= 11 is 1.55. The second-order valence-corrected chi connectivity index (χ2v) is 11.0. The Morgan fingerprint density at radius 2 is 1.93 bits per heavy atom. The highest BCUT2D eigenvalue weighted by Gasteiger charge is 2.36. The van der Waals surface area contributed by atoms with Crippen molar-refractivity contribution in [3.8, 4) is 0 Å². The highest BCUT2D eigenvalue weighted by molar-refractivity contribution is 8.00. The predicted octanol–water partition coefficient (Wildman–Crippen LogP) is 2.90. The Kier molecular flexibility index (Phi) is 6.54. The highest BCUT2D eigenvalue weighted by Crippen LogP contribution is 2.29. The van der Waals surface area contributed by atoms with Gasteiger partial charge in [-0.2, -0.15) is 0 Å². The third-order valence-electron chi connectivity index (χ3n) is 5.34. The van der Waals surface area contributed by atoms with Gasteiger partial charge >= 0.3 is 0 Å². The maximum Gasteiger partial charge on any atom is 0.233 e. The minimum atomic E-state index is -3.03. The Labute approximate surface area is 166 Å². The van der Waals surface area contributed by atoms with Gasteiger partial charge in [0, 0.05) is 24.1 Å². The van der Waals surface area contributed by atoms with Gasteiger partial charge in [-0.1, -0.05) is 17.7 Å². The quantitative estimate of drug-likeness (QED) is 0.674. The van der Waals surface area contributed by atoms with E-state index in [1.165, 1.54) is 16.7 Å². The molecule has 5 nitrogen and oxygen atoms in total. The molecule has 1 aromatic rings. The average Bonchev–Trinajstić information content (AvgIpc) is 3.20. The third kappa shape index (κ3) is 5.27. The Hall–Kier alpha value is -1.05. The molecule has 7 heteroatoms. The van der Waals surface area contributed by atoms with Crippen LogP contribution in [0.2, 0.25) is 0 Å². The zero-order valence-electron chi connectivity index (χ0n) is 16.4. The summed E-state index contributed by atoms with van der Waals surface area (Å²) in [6, 6.07) is 4.05. The van der Waals surface area contributed by atoms with E-state index in [0.29, 0.717) is 18.7 Å². The lowest BCUT2D eigenvalue weighted by atomic mass is 10.1. The minimum Gasteiger partial charge on any atom is -0.376 e. The van der Waals surface area contributed by atoms with Crippen molar-refractivity contribution in [3.05, 3.63) is 28.8 Å². The number of carbonyl (C=O) groups excluding carboxylic acids is 1. The molecule has 3 rings (SSSR count). The van der Waals surface area contributed by atoms with Gasteiger partial charge in [0.15, 0.2) is 9.84 Å². The molecule has 2 saturated heterocycles. The number of hydrogen-bond donors (Lipinski definition) is 0. The van der Waals surface area contributed by atoms with E-state index < -0.39 is 9.84 Å². The molecule has 1 amide bonds. The summed E-state index contributed by atoms with van der Waals surface area (Å²) in [5.41, 5.74) is 3.58. The fourth-order valence-electron chi connectivity index (χ4n) is 4.09. The number of carbonyl (C=O) groups is 1. The first-order valence-electron chi connectivity index (χ1n) is 9.57. The summed E-state index contributed by atoms with van der Waals surface area (Å²) in [6.45, 7) is 7.45. The summed E-state index contributed by atoms with van der Waals surface area (Å²) in [5, 5.41) is 0. The number of hydrogen-bond acceptors (Lipinski definition) is 5. The van der Waals surface area contributed by atoms with E-state index >= 15 is 0 Å². The largest absolute Gasteiger partial charge is 0.376 e. The van der Waals surface area contributed by atoms with Crippen molar-refractivity contribution in [3.63, 3.8) is 0 Å². The van der Waals surface area contributed by atoms with Gasteiger partial charge in [-0.3, -0.25) is 4.79 Å². The van der Waals surface area contributed by atoms with Crippen LogP contribution in [-0.4, -0.2) is 61.8 Å². The molecule has 2 atom stereocenters. The van der Waals surface area contributed by atoms with Gasteiger partial charge in [0.2, 0.25) is 5.91 Å². The maximum absolute atomic E-state index is 13.0. The van der Waals surface area contributed by atoms with Crippen LogP contribution < -0.4 is 0 Å². The summed E-state index contributed by atoms with van der Waals surface area (Å²) in [7, 11) is -3.03. The molecular formula is C20H29NO4S2. The van der Waals surface area contributed by atoms with Crippen LogP contribution >= 0.6 is 11.8 Å². The van der Waals surface area contributed by atoms with E-state index in [2.05, 4.69) is 32.9 Å². The molecule has 27 heavy (non-hydrogen) atoms. The molecular weight excluding hydrogens is 382 g/mol. The SMILES string of the molecule is Cc1cc(C)c(SCC(=O)N(C[C@@H]2CCCO2)[C@H]2CCS(=O)(=O)C2)c(C)c1. The van der Waals surface area contributed by atoms with Crippen LogP contribution in [0.15, 0.2) is 17.0 Å². The van der Waals surface area contributed by atoms with Gasteiger partial charge in [-0.25, -0.2) is 8.42 Å². The zero-order valence-corrected chi connectivity index (χ0v) is 18.0. The summed E-state index contributed by atoms with van der Waals surface area (Å²) in [5.74, 6) is 0.597. The minimum absolute atomic E-state index is 0.0111. The average molecular weight is 412 g/mol. The Balaban J connectivity index is 1.70. The van der Waals surface area contributed by atoms with Gasteiger partial charge in [0.05, 0.1) is 23.4 Å². The van der Waals surface area contributed by atoms with Gasteiger partial charge < -0.3 is 9.64 Å². The molecule has 0 saturated carbocycles. The number of thioether (sulfide) groups is 1. The second-order valence-electron chi connectivity index (χ2n) is 7.75. The fraction of sp³-hybridized carbons (Fsp3) is 0.650. The first kappa shape index (κ1) is 20.7. The van der Waals surface area contributed by atoms with E-state index in [4.69, 9.17) is 4.74 Å². The number of benzene rings is 1. The molecule has 2 aliphatic heterocycles. The van der Waals surface area contributed by atoms with E-state index in [9.17, 15) is 13.2 Å². The highest BCUT2D eigenvalue weighted by atomic mass is 32.2. The standard InChI is InChI=1S/C20H29NO4S2/c1-14-9-15(2)20(16(3)10-14)26-12-19(22)21(11-18-5-4-7-25-18)17-6-8-27(23,24)13-17/h9-10,17-18H,4-8,11-13H2,1-3H3/t17-,18-/m0/s1. The van der Waals surface area contributed by atoms with E-state index in [1.54, 1.807) is 16.7 Å². The van der Waals surface area contributed by atoms with Crippen molar-refractivity contribution in [2.24, 2.45) is 0 Å². The van der Waals surface area contributed by atoms with Crippen molar-refractivity contribution in [2.45, 2.75) is 57.1 Å². The molecule has 2 fully saturated rings. The normalized spacial score (nSPS) is 24.3. The van der Waals surface area contributed by atoms with Crippen LogP contribution in [0.3, 0.4) is 0 Å². The second kappa shape index (κ2) is 8.53. The van der Waals surface area contributed by atoms with E-state index in [0.717, 1.165) is 24.3 Å². The number of sulfone groups is 1. The molecule has 0 spiro atoms. The summed E-state index contributed by atoms with van der Waals surface area (Å²) in [6.07, 6.45) is 2.51. The molecule has 0 bridgehead atoms. The molecule has 2 aliphatic rings. The number of amides is 1. The summed E-state index contributed by atoms with van der Waals surface area (Å²) < 4.78 is 29.6. The van der Waals surface area contributed by atoms with E-state index in [1.807, 2.05) is 0 Å². The smallest absolute Gasteiger partial charge is 0.233 e. The lowest BCUT2D eigenvalue weighted by Gasteiger charge is -2.30. The van der Waals surface area contributed by atoms with Crippen molar-refractivity contribution >= 4 is 27.5 Å². The monoisotopic (exact) mass is 411 g/mol. The molecule has 0 aliphatic carbocycles. The predicted molar refractivity (Wildman–Crippen MR) is 109 cm³/mol. The first-order valence-corrected chi connectivity index (χ1v) is 12.4. The fourth-order valence-corrected chi connectivity index (χ4v) is 6.83. The van der Waals surface area contributed by atoms with Crippen molar-refractivity contribution in [1.82, 2.24) is 4.90 Å². The molecule has 0 aromatic heterocycles. The van der Waals surface area contributed by atoms with E-state index in [-0.39, 0.29) is 29.6 Å². The van der Waals surface area contributed by atoms with Crippen LogP contribution in [0.4, 0.5) is 0 Å². The lowest BCUT2D eigenvalue weighted by Crippen LogP contribution is -2.46. The van der Waals surface area contributed by atoms with Gasteiger partial charge in [-0.05, 0) is 51.2 Å². The van der Waals surface area contributed by atoms with Crippen LogP contribution in [0.1, 0.15) is 36.0 Å². The third-order valence-corrected chi connectivity index (χ3v) is 8.41. The van der Waals surface area contributed by atoms with Crippen LogP contribution in [0.25, 0.3) is 0 Å². The van der Waals surface area contributed by atoms with Crippen molar-refractivity contribution in [1.29, 1.82) is 0 Å². The molecule has 0 N–H and O–H groups in total. The zero-order chi connectivity index (χ0) is 19.6. The van der Waals surface area contributed by atoms with Crippen LogP contribution in [0.5, 0.6) is 0 Å². The van der Waals surface area contributed by atoms with Crippen LogP contribution in [-0.2, 0) is 19.4 Å². The number of ether oxygens (including phenoxy) is 1. The molecule has 1 aromatic carbocycles. The van der Waals surface area contributed by atoms with Gasteiger partial charge in [-0.15, -0.1) is 11.8 Å². The topological polar surface area (TPSA) is 63.7 Å². The Bertz CT molecular complexity index is 777. The van der Waals surface area contributed by atoms with Crippen molar-refractivity contribution < 1.29 is 17.9 Å². The number of rotatable bonds is 6.